The minimum atomic E-state index is -0.0430. The monoisotopic (exact) mass is 308 g/mol. The Morgan fingerprint density at radius 3 is 2.44 bits per heavy atom. The first-order chi connectivity index (χ1) is 8.08. The van der Waals surface area contributed by atoms with Gasteiger partial charge in [0.2, 0.25) is 0 Å². The van der Waals surface area contributed by atoms with Crippen LogP contribution in [-0.2, 0) is 0 Å². The topological polar surface area (TPSA) is 46.3 Å². The van der Waals surface area contributed by atoms with E-state index < -0.39 is 0 Å². The molecule has 1 fully saturated rings. The molecule has 1 aromatic rings. The molecule has 18 heavy (non-hydrogen) atoms. The summed E-state index contributed by atoms with van der Waals surface area (Å²) in [6.45, 7) is 1.39. The van der Waals surface area contributed by atoms with Gasteiger partial charge < -0.3 is 10.6 Å². The van der Waals surface area contributed by atoms with E-state index in [4.69, 9.17) is 28.9 Å². The zero-order valence-electron chi connectivity index (χ0n) is 9.73. The Bertz CT molecular complexity index is 431. The number of hydrogen-bond donors (Lipinski definition) is 1. The van der Waals surface area contributed by atoms with Crippen LogP contribution in [-0.4, -0.2) is 29.9 Å². The smallest absolute Gasteiger partial charge is 0.255 e. The second kappa shape index (κ2) is 6.62. The van der Waals surface area contributed by atoms with Crippen LogP contribution in [0.2, 0.25) is 10.0 Å². The van der Waals surface area contributed by atoms with Gasteiger partial charge in [-0.1, -0.05) is 23.2 Å². The predicted octanol–water partition coefficient (Wildman–Crippen LogP) is 2.98. The number of carbonyl (C=O) groups is 1. The Morgan fingerprint density at radius 2 is 1.89 bits per heavy atom. The van der Waals surface area contributed by atoms with E-state index in [0.29, 0.717) is 28.7 Å². The van der Waals surface area contributed by atoms with Gasteiger partial charge in [-0.05, 0) is 31.0 Å². The molecule has 3 nitrogen and oxygen atoms in total. The first-order valence-corrected chi connectivity index (χ1v) is 6.33. The summed E-state index contributed by atoms with van der Waals surface area (Å²) in [5.41, 5.74) is 6.31. The van der Waals surface area contributed by atoms with E-state index >= 15 is 0 Å². The molecule has 1 aliphatic rings. The lowest BCUT2D eigenvalue weighted by molar-refractivity contribution is 0.0715. The maximum Gasteiger partial charge on any atom is 0.255 e. The summed E-state index contributed by atoms with van der Waals surface area (Å²) in [5, 5.41) is 0.935. The summed E-state index contributed by atoms with van der Waals surface area (Å²) in [6, 6.07) is 5.14. The normalized spacial score (nSPS) is 16.3. The third-order valence-corrected chi connectivity index (χ3v) is 3.54. The number of amides is 1. The van der Waals surface area contributed by atoms with E-state index in [1.165, 1.54) is 0 Å². The lowest BCUT2D eigenvalue weighted by Crippen LogP contribution is -2.42. The van der Waals surface area contributed by atoms with E-state index in [1.807, 2.05) is 0 Å². The van der Waals surface area contributed by atoms with Crippen molar-refractivity contribution < 1.29 is 4.79 Å². The van der Waals surface area contributed by atoms with E-state index in [1.54, 1.807) is 23.1 Å². The van der Waals surface area contributed by atoms with Crippen molar-refractivity contribution >= 4 is 41.5 Å². The number of likely N-dealkylation sites (tertiary alicyclic amines) is 1. The summed E-state index contributed by atoms with van der Waals surface area (Å²) in [5.74, 6) is -0.0430. The summed E-state index contributed by atoms with van der Waals surface area (Å²) < 4.78 is 0. The fraction of sp³-hybridized carbons (Fsp3) is 0.417. The van der Waals surface area contributed by atoms with Gasteiger partial charge in [0, 0.05) is 24.2 Å². The van der Waals surface area contributed by atoms with Gasteiger partial charge in [0.1, 0.15) is 0 Å². The Morgan fingerprint density at radius 1 is 1.28 bits per heavy atom. The molecule has 0 unspecified atom stereocenters. The van der Waals surface area contributed by atoms with Crippen molar-refractivity contribution in [1.29, 1.82) is 0 Å². The number of hydrogen-bond acceptors (Lipinski definition) is 2. The molecule has 100 valence electrons. The largest absolute Gasteiger partial charge is 0.338 e. The van der Waals surface area contributed by atoms with Crippen molar-refractivity contribution in [3.05, 3.63) is 33.8 Å². The highest BCUT2D eigenvalue weighted by atomic mass is 35.5. The van der Waals surface area contributed by atoms with Gasteiger partial charge >= 0.3 is 0 Å². The van der Waals surface area contributed by atoms with E-state index in [9.17, 15) is 4.79 Å². The van der Waals surface area contributed by atoms with Gasteiger partial charge in [-0.3, -0.25) is 4.79 Å². The molecular formula is C12H15Cl3N2O. The van der Waals surface area contributed by atoms with Crippen molar-refractivity contribution in [3.8, 4) is 0 Å². The number of nitrogens with two attached hydrogens (primary N) is 1. The zero-order chi connectivity index (χ0) is 12.4. The molecular weight excluding hydrogens is 295 g/mol. The third-order valence-electron chi connectivity index (χ3n) is 2.99. The van der Waals surface area contributed by atoms with Crippen LogP contribution in [0.15, 0.2) is 18.2 Å². The fourth-order valence-electron chi connectivity index (χ4n) is 1.94. The summed E-state index contributed by atoms with van der Waals surface area (Å²) >= 11 is 11.8. The van der Waals surface area contributed by atoms with Crippen LogP contribution in [0.1, 0.15) is 23.2 Å². The third kappa shape index (κ3) is 3.51. The molecule has 0 bridgehead atoms. The summed E-state index contributed by atoms with van der Waals surface area (Å²) in [6.07, 6.45) is 1.69. The number of nitrogens with zero attached hydrogens (tertiary/aromatic N) is 1. The van der Waals surface area contributed by atoms with Crippen molar-refractivity contribution in [2.75, 3.05) is 13.1 Å². The van der Waals surface area contributed by atoms with Gasteiger partial charge in [-0.25, -0.2) is 0 Å². The molecule has 1 heterocycles. The van der Waals surface area contributed by atoms with Gasteiger partial charge in [0.05, 0.1) is 10.6 Å². The van der Waals surface area contributed by atoms with Crippen LogP contribution in [0.5, 0.6) is 0 Å². The molecule has 2 rings (SSSR count). The number of piperidine rings is 1. The Kier molecular flexibility index (Phi) is 5.73. The highest BCUT2D eigenvalue weighted by Gasteiger charge is 2.23. The zero-order valence-corrected chi connectivity index (χ0v) is 12.1. The Labute approximate surface area is 123 Å². The second-order valence-electron chi connectivity index (χ2n) is 4.25. The molecule has 0 saturated carbocycles. The SMILES string of the molecule is Cl.NC1CCN(C(=O)c2ccc(Cl)cc2Cl)CC1. The average Bonchev–Trinajstić information content (AvgIpc) is 2.29. The van der Waals surface area contributed by atoms with Gasteiger partial charge in [-0.15, -0.1) is 12.4 Å². The van der Waals surface area contributed by atoms with Crippen LogP contribution in [0.25, 0.3) is 0 Å². The van der Waals surface area contributed by atoms with Crippen LogP contribution < -0.4 is 5.73 Å². The van der Waals surface area contributed by atoms with E-state index in [0.717, 1.165) is 12.8 Å². The van der Waals surface area contributed by atoms with Crippen LogP contribution in [0.4, 0.5) is 0 Å². The first-order valence-electron chi connectivity index (χ1n) is 5.58. The fourth-order valence-corrected chi connectivity index (χ4v) is 2.43. The molecule has 0 aromatic heterocycles. The summed E-state index contributed by atoms with van der Waals surface area (Å²) in [7, 11) is 0. The quantitative estimate of drug-likeness (QED) is 0.867. The number of carbonyl (C=O) groups excluding carboxylic acids is 1. The molecule has 2 N–H and O–H groups in total. The van der Waals surface area contributed by atoms with Crippen LogP contribution in [0.3, 0.4) is 0 Å². The molecule has 0 spiro atoms. The van der Waals surface area contributed by atoms with Gasteiger partial charge in [0.25, 0.3) is 5.91 Å². The molecule has 0 atom stereocenters. The van der Waals surface area contributed by atoms with E-state index in [2.05, 4.69) is 0 Å². The summed E-state index contributed by atoms with van der Waals surface area (Å²) in [4.78, 5) is 14.0. The standard InChI is InChI=1S/C12H14Cl2N2O.ClH/c13-8-1-2-10(11(14)7-8)12(17)16-5-3-9(15)4-6-16;/h1-2,7,9H,3-6,15H2;1H. The average molecular weight is 310 g/mol. The van der Waals surface area contributed by atoms with Crippen molar-refractivity contribution in [3.63, 3.8) is 0 Å². The number of halogens is 3. The molecule has 1 amide bonds. The van der Waals surface area contributed by atoms with Crippen LogP contribution in [0, 0.1) is 0 Å². The molecule has 1 aromatic carbocycles. The lowest BCUT2D eigenvalue weighted by Gasteiger charge is -2.30. The molecule has 6 heteroatoms. The van der Waals surface area contributed by atoms with Crippen molar-refractivity contribution in [2.24, 2.45) is 5.73 Å². The van der Waals surface area contributed by atoms with Crippen molar-refractivity contribution in [1.82, 2.24) is 4.90 Å². The highest BCUT2D eigenvalue weighted by molar-refractivity contribution is 6.36. The number of benzene rings is 1. The van der Waals surface area contributed by atoms with Gasteiger partial charge in [-0.2, -0.15) is 0 Å². The Balaban J connectivity index is 0.00000162. The minimum Gasteiger partial charge on any atom is -0.338 e. The van der Waals surface area contributed by atoms with E-state index in [-0.39, 0.29) is 24.4 Å². The first kappa shape index (κ1) is 15.6. The molecule has 1 saturated heterocycles. The minimum absolute atomic E-state index is 0. The van der Waals surface area contributed by atoms with Gasteiger partial charge in [0.15, 0.2) is 0 Å². The number of rotatable bonds is 1. The molecule has 1 aliphatic heterocycles. The van der Waals surface area contributed by atoms with Crippen molar-refractivity contribution in [2.45, 2.75) is 18.9 Å². The maximum atomic E-state index is 12.2. The molecule has 0 aliphatic carbocycles. The Hall–Kier alpha value is -0.480. The highest BCUT2D eigenvalue weighted by Crippen LogP contribution is 2.23. The second-order valence-corrected chi connectivity index (χ2v) is 5.10. The predicted molar refractivity (Wildman–Crippen MR) is 76.8 cm³/mol. The molecule has 0 radical (unpaired) electrons. The van der Waals surface area contributed by atoms with Crippen LogP contribution >= 0.6 is 35.6 Å². The lowest BCUT2D eigenvalue weighted by atomic mass is 10.0. The maximum absolute atomic E-state index is 12.2.